The zero-order valence-electron chi connectivity index (χ0n) is 7.02. The molecule has 0 N–H and O–H groups in total. The van der Waals surface area contributed by atoms with E-state index in [4.69, 9.17) is 9.31 Å². The largest absolute Gasteiger partial charge is 0.456 e. The van der Waals surface area contributed by atoms with Crippen LogP contribution in [0.4, 0.5) is 0 Å². The molecule has 0 bridgehead atoms. The third-order valence-electron chi connectivity index (χ3n) is 1.65. The fourth-order valence-corrected chi connectivity index (χ4v) is 0.963. The van der Waals surface area contributed by atoms with Gasteiger partial charge in [0, 0.05) is 18.6 Å². The van der Waals surface area contributed by atoms with Crippen LogP contribution in [0.2, 0.25) is 6.32 Å². The fraction of sp³-hybridized carbons (Fsp3) is 1.00. The standard InChI is InChI=1S/C7H15BO2/c1-4-8-9-5-7(2,3)6-10-8/h4-6H2,1-3H3. The van der Waals surface area contributed by atoms with Gasteiger partial charge in [-0.25, -0.2) is 0 Å². The van der Waals surface area contributed by atoms with E-state index >= 15 is 0 Å². The van der Waals surface area contributed by atoms with Crippen molar-refractivity contribution in [2.24, 2.45) is 5.41 Å². The molecule has 0 aromatic heterocycles. The molecule has 0 spiro atoms. The first-order valence-corrected chi connectivity index (χ1v) is 3.87. The van der Waals surface area contributed by atoms with Gasteiger partial charge in [-0.15, -0.1) is 0 Å². The molecule has 1 fully saturated rings. The highest BCUT2D eigenvalue weighted by molar-refractivity contribution is 6.44. The molecule has 10 heavy (non-hydrogen) atoms. The van der Waals surface area contributed by atoms with Crippen molar-refractivity contribution in [1.29, 1.82) is 0 Å². The van der Waals surface area contributed by atoms with Crippen LogP contribution in [-0.4, -0.2) is 20.3 Å². The second-order valence-corrected chi connectivity index (χ2v) is 3.62. The van der Waals surface area contributed by atoms with Gasteiger partial charge < -0.3 is 9.31 Å². The molecular weight excluding hydrogens is 127 g/mol. The Balaban J connectivity index is 2.31. The van der Waals surface area contributed by atoms with Gasteiger partial charge in [-0.05, 0) is 6.32 Å². The number of rotatable bonds is 1. The summed E-state index contributed by atoms with van der Waals surface area (Å²) >= 11 is 0. The van der Waals surface area contributed by atoms with E-state index in [9.17, 15) is 0 Å². The summed E-state index contributed by atoms with van der Waals surface area (Å²) in [7, 11) is 0.0491. The zero-order chi connectivity index (χ0) is 7.61. The molecule has 0 saturated carbocycles. The summed E-state index contributed by atoms with van der Waals surface area (Å²) in [6.07, 6.45) is 0.954. The van der Waals surface area contributed by atoms with Crippen molar-refractivity contribution in [2.45, 2.75) is 27.1 Å². The van der Waals surface area contributed by atoms with E-state index in [2.05, 4.69) is 20.8 Å². The molecule has 3 heteroatoms. The molecule has 1 aliphatic rings. The van der Waals surface area contributed by atoms with E-state index in [0.29, 0.717) is 0 Å². The highest BCUT2D eigenvalue weighted by Gasteiger charge is 2.30. The summed E-state index contributed by atoms with van der Waals surface area (Å²) in [6, 6.07) is 0. The van der Waals surface area contributed by atoms with Crippen LogP contribution in [0, 0.1) is 5.41 Å². The maximum Gasteiger partial charge on any atom is 0.456 e. The molecule has 1 saturated heterocycles. The third kappa shape index (κ3) is 1.99. The average Bonchev–Trinajstić information content (AvgIpc) is 1.88. The second-order valence-electron chi connectivity index (χ2n) is 3.62. The van der Waals surface area contributed by atoms with Crippen molar-refractivity contribution in [3.63, 3.8) is 0 Å². The minimum absolute atomic E-state index is 0.0491. The predicted octanol–water partition coefficient (Wildman–Crippen LogP) is 1.57. The van der Waals surface area contributed by atoms with Crippen LogP contribution < -0.4 is 0 Å². The summed E-state index contributed by atoms with van der Waals surface area (Å²) in [5, 5.41) is 0. The molecule has 0 unspecified atom stereocenters. The van der Waals surface area contributed by atoms with Crippen LogP contribution >= 0.6 is 0 Å². The topological polar surface area (TPSA) is 18.5 Å². The quantitative estimate of drug-likeness (QED) is 0.517. The summed E-state index contributed by atoms with van der Waals surface area (Å²) in [5.41, 5.74) is 0.214. The van der Waals surface area contributed by atoms with Gasteiger partial charge in [0.15, 0.2) is 0 Å². The Labute approximate surface area is 63.0 Å². The van der Waals surface area contributed by atoms with Gasteiger partial charge in [0.05, 0.1) is 0 Å². The van der Waals surface area contributed by atoms with Crippen molar-refractivity contribution >= 4 is 7.12 Å². The van der Waals surface area contributed by atoms with Gasteiger partial charge in [0.1, 0.15) is 0 Å². The molecule has 1 aliphatic heterocycles. The predicted molar refractivity (Wildman–Crippen MR) is 41.9 cm³/mol. The minimum atomic E-state index is 0.0491. The van der Waals surface area contributed by atoms with Crippen LogP contribution in [0.25, 0.3) is 0 Å². The van der Waals surface area contributed by atoms with Gasteiger partial charge in [-0.3, -0.25) is 0 Å². The molecule has 1 heterocycles. The Hall–Kier alpha value is -0.0151. The van der Waals surface area contributed by atoms with Crippen molar-refractivity contribution < 1.29 is 9.31 Å². The van der Waals surface area contributed by atoms with E-state index in [1.165, 1.54) is 0 Å². The van der Waals surface area contributed by atoms with Gasteiger partial charge >= 0.3 is 7.12 Å². The van der Waals surface area contributed by atoms with Crippen molar-refractivity contribution in [1.82, 2.24) is 0 Å². The van der Waals surface area contributed by atoms with Crippen molar-refractivity contribution in [3.05, 3.63) is 0 Å². The van der Waals surface area contributed by atoms with E-state index in [1.807, 2.05) is 0 Å². The van der Waals surface area contributed by atoms with Gasteiger partial charge in [0.2, 0.25) is 0 Å². The number of hydrogen-bond donors (Lipinski definition) is 0. The van der Waals surface area contributed by atoms with E-state index < -0.39 is 0 Å². The lowest BCUT2D eigenvalue weighted by molar-refractivity contribution is 0.0287. The molecule has 0 aromatic rings. The first-order chi connectivity index (χ1) is 4.64. The Morgan fingerprint density at radius 2 is 1.80 bits per heavy atom. The van der Waals surface area contributed by atoms with Crippen LogP contribution in [0.1, 0.15) is 20.8 Å². The maximum absolute atomic E-state index is 5.42. The summed E-state index contributed by atoms with van der Waals surface area (Å²) in [4.78, 5) is 0. The maximum atomic E-state index is 5.42. The monoisotopic (exact) mass is 142 g/mol. The molecular formula is C7H15BO2. The third-order valence-corrected chi connectivity index (χ3v) is 1.65. The normalized spacial score (nSPS) is 24.9. The molecule has 0 aliphatic carbocycles. The lowest BCUT2D eigenvalue weighted by Crippen LogP contribution is -2.40. The van der Waals surface area contributed by atoms with Crippen molar-refractivity contribution in [3.8, 4) is 0 Å². The van der Waals surface area contributed by atoms with Crippen molar-refractivity contribution in [2.75, 3.05) is 13.2 Å². The highest BCUT2D eigenvalue weighted by atomic mass is 16.6. The molecule has 1 rings (SSSR count). The van der Waals surface area contributed by atoms with Gasteiger partial charge in [-0.1, -0.05) is 20.8 Å². The second kappa shape index (κ2) is 2.93. The van der Waals surface area contributed by atoms with Gasteiger partial charge in [-0.2, -0.15) is 0 Å². The van der Waals surface area contributed by atoms with Gasteiger partial charge in [0.25, 0.3) is 0 Å². The zero-order valence-corrected chi connectivity index (χ0v) is 7.02. The molecule has 58 valence electrons. The van der Waals surface area contributed by atoms with Crippen LogP contribution in [0.15, 0.2) is 0 Å². The Morgan fingerprint density at radius 3 is 2.20 bits per heavy atom. The fourth-order valence-electron chi connectivity index (χ4n) is 0.963. The number of hydrogen-bond acceptors (Lipinski definition) is 2. The van der Waals surface area contributed by atoms with E-state index in [0.717, 1.165) is 19.5 Å². The van der Waals surface area contributed by atoms with Crippen LogP contribution in [0.3, 0.4) is 0 Å². The minimum Gasteiger partial charge on any atom is -0.411 e. The first kappa shape index (κ1) is 8.09. The Morgan fingerprint density at radius 1 is 1.30 bits per heavy atom. The highest BCUT2D eigenvalue weighted by Crippen LogP contribution is 2.22. The molecule has 0 aromatic carbocycles. The lowest BCUT2D eigenvalue weighted by Gasteiger charge is -2.32. The summed E-state index contributed by atoms with van der Waals surface area (Å²) in [5.74, 6) is 0. The lowest BCUT2D eigenvalue weighted by atomic mass is 9.81. The summed E-state index contributed by atoms with van der Waals surface area (Å²) in [6.45, 7) is 8.03. The van der Waals surface area contributed by atoms with E-state index in [1.54, 1.807) is 0 Å². The Kier molecular flexibility index (Phi) is 2.37. The van der Waals surface area contributed by atoms with Crippen LogP contribution in [0.5, 0.6) is 0 Å². The molecule has 2 nitrogen and oxygen atoms in total. The molecule has 0 radical (unpaired) electrons. The molecule has 0 atom stereocenters. The molecule has 0 amide bonds. The Bertz CT molecular complexity index is 104. The smallest absolute Gasteiger partial charge is 0.411 e. The average molecular weight is 142 g/mol. The van der Waals surface area contributed by atoms with E-state index in [-0.39, 0.29) is 12.5 Å². The first-order valence-electron chi connectivity index (χ1n) is 3.87. The van der Waals surface area contributed by atoms with Crippen LogP contribution in [-0.2, 0) is 9.31 Å². The summed E-state index contributed by atoms with van der Waals surface area (Å²) < 4.78 is 10.8. The SMILES string of the molecule is CCB1OCC(C)(C)CO1.